The molecule has 0 bridgehead atoms. The standard InChI is InChI=1S/C55H94N4O19.H2O.2H2/c1-41(42(2)60)20-17-18-30-56-48(63)28-24-43(53(69)70)38-45(62)39-77-36-35-76-33-31-57-51(66)40-78-37-34-75-32-19-21-44(61)25-26-46(54(71)72)59-50(65)29-27-47(55(73)74)58-49(64)22-15-13-11-9-7-5-3-4-6-8-10-12-14-16-23-52(67)68;;;/h41,43,46-47H,3-40H2,1-2H3,(H,56,63)(H,57,66)(H,58,64)(H,59,65)(H,67,68)(H,69,70)(H,71,72)(H,73,74);1H2;2*1H/t41-,43+,46-,47-;;;/m0.../s1. The van der Waals surface area contributed by atoms with Crippen molar-refractivity contribution in [1.82, 2.24) is 21.3 Å². The van der Waals surface area contributed by atoms with Gasteiger partial charge in [-0.25, -0.2) is 9.59 Å². The summed E-state index contributed by atoms with van der Waals surface area (Å²) in [6.07, 6.45) is 16.3. The van der Waals surface area contributed by atoms with Crippen LogP contribution in [0, 0.1) is 11.8 Å². The first kappa shape index (κ1) is 75.6. The van der Waals surface area contributed by atoms with E-state index in [0.29, 0.717) is 25.8 Å². The average Bonchev–Trinajstić information content (AvgIpc) is 3.38. The number of ether oxygens (including phenoxy) is 4. The van der Waals surface area contributed by atoms with E-state index >= 15 is 0 Å². The molecule has 0 saturated carbocycles. The molecule has 0 aliphatic heterocycles. The number of hydrogen-bond donors (Lipinski definition) is 8. The summed E-state index contributed by atoms with van der Waals surface area (Å²) in [6, 6.07) is -2.69. The molecule has 79 heavy (non-hydrogen) atoms. The molecule has 4 atom stereocenters. The molecule has 460 valence electrons. The van der Waals surface area contributed by atoms with Gasteiger partial charge in [-0.3, -0.25) is 43.2 Å². The van der Waals surface area contributed by atoms with E-state index in [-0.39, 0.29) is 155 Å². The predicted molar refractivity (Wildman–Crippen MR) is 294 cm³/mol. The summed E-state index contributed by atoms with van der Waals surface area (Å²) in [5.74, 6) is -8.02. The molecule has 0 aromatic heterocycles. The molecule has 0 radical (unpaired) electrons. The van der Waals surface area contributed by atoms with Gasteiger partial charge in [0, 0.05) is 73.4 Å². The van der Waals surface area contributed by atoms with Crippen LogP contribution in [0.3, 0.4) is 0 Å². The highest BCUT2D eigenvalue weighted by atomic mass is 16.5. The van der Waals surface area contributed by atoms with E-state index < -0.39 is 65.4 Å². The summed E-state index contributed by atoms with van der Waals surface area (Å²) < 4.78 is 21.4. The summed E-state index contributed by atoms with van der Waals surface area (Å²) in [5.41, 5.74) is 0. The van der Waals surface area contributed by atoms with Gasteiger partial charge in [0.1, 0.15) is 36.9 Å². The van der Waals surface area contributed by atoms with Crippen LogP contribution in [0.25, 0.3) is 0 Å². The summed E-state index contributed by atoms with van der Waals surface area (Å²) >= 11 is 0. The number of Topliss-reactive ketones (excluding diaryl/α,β-unsaturated/α-hetero) is 3. The van der Waals surface area contributed by atoms with E-state index in [1.54, 1.807) is 6.92 Å². The van der Waals surface area contributed by atoms with Crippen molar-refractivity contribution in [3.05, 3.63) is 0 Å². The number of aliphatic carboxylic acids is 4. The molecular weight excluding hydrogens is 1040 g/mol. The van der Waals surface area contributed by atoms with Gasteiger partial charge in [0.15, 0.2) is 5.78 Å². The Labute approximate surface area is 469 Å². The zero-order chi connectivity index (χ0) is 58.2. The third-order valence-corrected chi connectivity index (χ3v) is 12.9. The van der Waals surface area contributed by atoms with Crippen molar-refractivity contribution in [3.63, 3.8) is 0 Å². The summed E-state index contributed by atoms with van der Waals surface area (Å²) in [5, 5.41) is 47.5. The Balaban J connectivity index is -0.00000988. The van der Waals surface area contributed by atoms with Crippen LogP contribution < -0.4 is 21.3 Å². The Bertz CT molecular complexity index is 1780. The largest absolute Gasteiger partial charge is 0.481 e. The van der Waals surface area contributed by atoms with Crippen LogP contribution in [0.4, 0.5) is 0 Å². The topological polar surface area (TPSA) is 385 Å². The fraction of sp³-hybridized carbons (Fsp3) is 0.800. The molecule has 4 amide bonds. The zero-order valence-corrected chi connectivity index (χ0v) is 47.1. The summed E-state index contributed by atoms with van der Waals surface area (Å²) in [4.78, 5) is 131. The summed E-state index contributed by atoms with van der Waals surface area (Å²) in [6.45, 7) is 4.26. The van der Waals surface area contributed by atoms with Gasteiger partial charge in [-0.1, -0.05) is 90.4 Å². The second-order valence-corrected chi connectivity index (χ2v) is 19.8. The average molecular weight is 1140 g/mol. The Morgan fingerprint density at radius 2 is 0.873 bits per heavy atom. The van der Waals surface area contributed by atoms with Crippen molar-refractivity contribution in [1.29, 1.82) is 0 Å². The number of carbonyl (C=O) groups is 11. The number of carbonyl (C=O) groups excluding carboxylic acids is 7. The Morgan fingerprint density at radius 3 is 1.41 bits per heavy atom. The second kappa shape index (κ2) is 50.8. The minimum atomic E-state index is -1.37. The van der Waals surface area contributed by atoms with E-state index in [2.05, 4.69) is 21.3 Å². The monoisotopic (exact) mass is 1140 g/mol. The number of hydrogen-bond acceptors (Lipinski definition) is 15. The first-order valence-electron chi connectivity index (χ1n) is 28.2. The number of nitrogens with one attached hydrogen (secondary N) is 4. The smallest absolute Gasteiger partial charge is 0.326 e. The quantitative estimate of drug-likeness (QED) is 0.0364. The van der Waals surface area contributed by atoms with Gasteiger partial charge in [0.25, 0.3) is 0 Å². The molecule has 0 aromatic rings. The van der Waals surface area contributed by atoms with E-state index in [1.165, 1.54) is 25.7 Å². The third kappa shape index (κ3) is 48.2. The minimum absolute atomic E-state index is 0. The molecule has 0 aromatic carbocycles. The maximum Gasteiger partial charge on any atom is 0.326 e. The van der Waals surface area contributed by atoms with Crippen LogP contribution in [0.5, 0.6) is 0 Å². The lowest BCUT2D eigenvalue weighted by atomic mass is 9.97. The number of carboxylic acids is 4. The maximum absolute atomic E-state index is 12.6. The van der Waals surface area contributed by atoms with E-state index in [9.17, 15) is 68.1 Å². The zero-order valence-electron chi connectivity index (χ0n) is 47.1. The number of carboxylic acid groups (broad SMARTS) is 4. The van der Waals surface area contributed by atoms with Gasteiger partial charge in [-0.2, -0.15) is 0 Å². The van der Waals surface area contributed by atoms with Gasteiger partial charge in [-0.15, -0.1) is 0 Å². The lowest BCUT2D eigenvalue weighted by Gasteiger charge is -2.17. The summed E-state index contributed by atoms with van der Waals surface area (Å²) in [7, 11) is 0. The van der Waals surface area contributed by atoms with Crippen LogP contribution in [0.1, 0.15) is 196 Å². The highest BCUT2D eigenvalue weighted by Gasteiger charge is 2.25. The van der Waals surface area contributed by atoms with Crippen molar-refractivity contribution in [3.8, 4) is 0 Å². The molecule has 24 heteroatoms. The van der Waals surface area contributed by atoms with Crippen LogP contribution in [0.2, 0.25) is 0 Å². The van der Waals surface area contributed by atoms with E-state index in [1.807, 2.05) is 6.92 Å². The Hall–Kier alpha value is -5.43. The first-order valence-corrected chi connectivity index (χ1v) is 28.2. The maximum atomic E-state index is 12.6. The highest BCUT2D eigenvalue weighted by Crippen LogP contribution is 2.16. The van der Waals surface area contributed by atoms with Gasteiger partial charge < -0.3 is 66.1 Å². The highest BCUT2D eigenvalue weighted by molar-refractivity contribution is 5.87. The van der Waals surface area contributed by atoms with Crippen molar-refractivity contribution < 1.29 is 100 Å². The molecule has 0 spiro atoms. The first-order chi connectivity index (χ1) is 37.3. The van der Waals surface area contributed by atoms with Crippen molar-refractivity contribution in [2.45, 2.75) is 206 Å². The molecule has 0 saturated heterocycles. The number of rotatable bonds is 56. The molecule has 0 aliphatic rings. The van der Waals surface area contributed by atoms with Crippen LogP contribution in [-0.2, 0) is 71.7 Å². The molecule has 0 unspecified atom stereocenters. The second-order valence-electron chi connectivity index (χ2n) is 19.8. The molecule has 0 aliphatic carbocycles. The SMILES string of the molecule is CC(=O)[C@@H](C)CCCCNC(=O)CC[C@H](CC(=O)COCCOCCNC(=O)COCCOCCCC(=O)CC[C@H](NC(=O)CC[C@H](NC(=O)CCCCCCCCCCCCCCCCC(=O)O)C(=O)O)C(=O)O)C(=O)O.O.[HH].[HH]. The number of amides is 4. The lowest BCUT2D eigenvalue weighted by Crippen LogP contribution is -2.44. The fourth-order valence-corrected chi connectivity index (χ4v) is 7.96. The Kier molecular flexibility index (Phi) is 48.6. The van der Waals surface area contributed by atoms with E-state index in [4.69, 9.17) is 24.1 Å². The van der Waals surface area contributed by atoms with Gasteiger partial charge in [-0.05, 0) is 58.3 Å². The fourth-order valence-electron chi connectivity index (χ4n) is 7.96. The van der Waals surface area contributed by atoms with Crippen molar-refractivity contribution in [2.24, 2.45) is 11.8 Å². The van der Waals surface area contributed by atoms with Gasteiger partial charge >= 0.3 is 23.9 Å². The van der Waals surface area contributed by atoms with Crippen LogP contribution in [-0.4, -0.2) is 169 Å². The number of ketones is 3. The third-order valence-electron chi connectivity index (χ3n) is 12.9. The van der Waals surface area contributed by atoms with E-state index in [0.717, 1.165) is 70.6 Å². The minimum Gasteiger partial charge on any atom is -0.481 e. The molecule has 24 nitrogen and oxygen atoms in total. The molecular formula is C55H100N4O20. The predicted octanol–water partition coefficient (Wildman–Crippen LogP) is 5.16. The molecule has 10 N–H and O–H groups in total. The van der Waals surface area contributed by atoms with Crippen LogP contribution in [0.15, 0.2) is 0 Å². The normalized spacial score (nSPS) is 12.5. The Morgan fingerprint density at radius 1 is 0.405 bits per heavy atom. The van der Waals surface area contributed by atoms with Crippen LogP contribution >= 0.6 is 0 Å². The molecule has 0 fully saturated rings. The van der Waals surface area contributed by atoms with Crippen molar-refractivity contribution in [2.75, 3.05) is 65.9 Å². The van der Waals surface area contributed by atoms with Gasteiger partial charge in [0.2, 0.25) is 23.6 Å². The number of unbranched alkanes of at least 4 members (excludes halogenated alkanes) is 14. The van der Waals surface area contributed by atoms with Gasteiger partial charge in [0.05, 0.1) is 39.0 Å². The molecule has 0 rings (SSSR count). The van der Waals surface area contributed by atoms with Crippen molar-refractivity contribution >= 4 is 64.9 Å². The molecule has 0 heterocycles. The lowest BCUT2D eigenvalue weighted by molar-refractivity contribution is -0.145.